The largest absolute Gasteiger partial charge is 0.491 e. The molecule has 0 bridgehead atoms. The number of nitrogens with zero attached hydrogens (tertiary/aromatic N) is 3. The fourth-order valence-electron chi connectivity index (χ4n) is 6.08. The van der Waals surface area contributed by atoms with Gasteiger partial charge in [0.25, 0.3) is 5.56 Å². The maximum Gasteiger partial charge on any atom is 0.491 e. The average Bonchev–Trinajstić information content (AvgIpc) is 3.50. The van der Waals surface area contributed by atoms with Gasteiger partial charge in [-0.05, 0) is 54.3 Å². The van der Waals surface area contributed by atoms with Gasteiger partial charge in [-0.1, -0.05) is 66.7 Å². The van der Waals surface area contributed by atoms with Crippen LogP contribution in [0.25, 0.3) is 44.3 Å². The number of hydrogen-bond donors (Lipinski definition) is 1. The highest BCUT2D eigenvalue weighted by Gasteiger charge is 2.42. The van der Waals surface area contributed by atoms with Crippen LogP contribution in [0.4, 0.5) is 13.2 Å². The Morgan fingerprint density at radius 3 is 2.41 bits per heavy atom. The summed E-state index contributed by atoms with van der Waals surface area (Å²) in [5.41, 5.74) is 3.65. The fraction of sp³-hybridized carbons (Fsp3) is 0.200. The second-order valence-electron chi connectivity index (χ2n) is 11.3. The van der Waals surface area contributed by atoms with Crippen LogP contribution in [0.1, 0.15) is 30.2 Å². The Hall–Kier alpha value is -5.29. The Morgan fingerprint density at radius 2 is 1.65 bits per heavy atom. The van der Waals surface area contributed by atoms with Gasteiger partial charge in [0, 0.05) is 30.8 Å². The van der Waals surface area contributed by atoms with E-state index in [0.29, 0.717) is 23.2 Å². The number of benzene rings is 3. The second kappa shape index (κ2) is 11.9. The maximum atomic E-state index is 13.3. The third kappa shape index (κ3) is 5.77. The van der Waals surface area contributed by atoms with Crippen molar-refractivity contribution >= 4 is 28.0 Å². The number of piperidine rings is 1. The molecule has 0 radical (unpaired) electrons. The van der Waals surface area contributed by atoms with Gasteiger partial charge >= 0.3 is 12.1 Å². The number of halogens is 3. The Kier molecular flexibility index (Phi) is 7.61. The molecule has 7 rings (SSSR count). The van der Waals surface area contributed by atoms with Crippen molar-refractivity contribution in [1.82, 2.24) is 19.9 Å². The zero-order chi connectivity index (χ0) is 31.8. The number of carbonyl (C=O) groups excluding carboxylic acids is 1. The van der Waals surface area contributed by atoms with Gasteiger partial charge < -0.3 is 14.1 Å². The average molecular weight is 625 g/mol. The van der Waals surface area contributed by atoms with Crippen molar-refractivity contribution < 1.29 is 27.1 Å². The highest BCUT2D eigenvalue weighted by molar-refractivity contribution is 6.04. The number of aromatic nitrogens is 3. The summed E-state index contributed by atoms with van der Waals surface area (Å²) < 4.78 is 50.8. The molecule has 1 fully saturated rings. The molecular weight excluding hydrogens is 597 g/mol. The molecular formula is C35H27F3N4O4. The first-order valence-electron chi connectivity index (χ1n) is 14.8. The zero-order valence-electron chi connectivity index (χ0n) is 24.4. The van der Waals surface area contributed by atoms with E-state index in [9.17, 15) is 22.8 Å². The van der Waals surface area contributed by atoms with Gasteiger partial charge in [-0.2, -0.15) is 13.2 Å². The van der Waals surface area contributed by atoms with Crippen molar-refractivity contribution in [1.29, 1.82) is 0 Å². The summed E-state index contributed by atoms with van der Waals surface area (Å²) in [6.07, 6.45) is -1.92. The summed E-state index contributed by atoms with van der Waals surface area (Å²) in [6.45, 7) is 2.36. The number of esters is 1. The van der Waals surface area contributed by atoms with Crippen LogP contribution in [0.5, 0.6) is 5.88 Å². The summed E-state index contributed by atoms with van der Waals surface area (Å²) in [5, 5.41) is 0.165. The SMILES string of the molecule is O=C(Oc1nc2cc[nH]c(=O)c2c(-c2ccc(CN3CCCC(c4nc5ccccc5o4)C3)cc2)c1-c1ccccc1)C(F)(F)F. The minimum absolute atomic E-state index is 0.0889. The lowest BCUT2D eigenvalue weighted by Gasteiger charge is -2.31. The molecule has 46 heavy (non-hydrogen) atoms. The van der Waals surface area contributed by atoms with E-state index >= 15 is 0 Å². The third-order valence-electron chi connectivity index (χ3n) is 8.17. The number of pyridine rings is 2. The lowest BCUT2D eigenvalue weighted by molar-refractivity contribution is -0.189. The van der Waals surface area contributed by atoms with Gasteiger partial charge in [-0.25, -0.2) is 14.8 Å². The molecule has 1 atom stereocenters. The lowest BCUT2D eigenvalue weighted by Crippen LogP contribution is -2.34. The van der Waals surface area contributed by atoms with Crippen LogP contribution >= 0.6 is 0 Å². The number of H-pyrrole nitrogens is 1. The smallest absolute Gasteiger partial charge is 0.440 e. The first kappa shape index (κ1) is 29.4. The number of carbonyl (C=O) groups is 1. The molecule has 0 aliphatic carbocycles. The van der Waals surface area contributed by atoms with Gasteiger partial charge in [0.1, 0.15) is 5.52 Å². The summed E-state index contributed by atoms with van der Waals surface area (Å²) in [4.78, 5) is 39.1. The lowest BCUT2D eigenvalue weighted by atomic mass is 9.92. The molecule has 4 heterocycles. The molecule has 0 spiro atoms. The number of likely N-dealkylation sites (tertiary alicyclic amines) is 1. The molecule has 1 unspecified atom stereocenters. The molecule has 0 saturated carbocycles. The summed E-state index contributed by atoms with van der Waals surface area (Å²) in [7, 11) is 0. The van der Waals surface area contributed by atoms with Crippen molar-refractivity contribution in [3.05, 3.63) is 113 Å². The normalized spacial score (nSPS) is 15.8. The number of para-hydroxylation sites is 2. The van der Waals surface area contributed by atoms with E-state index in [0.717, 1.165) is 48.5 Å². The van der Waals surface area contributed by atoms with Gasteiger partial charge in [0.15, 0.2) is 11.5 Å². The van der Waals surface area contributed by atoms with Crippen molar-refractivity contribution in [3.8, 4) is 28.1 Å². The number of hydrogen-bond acceptors (Lipinski definition) is 7. The Morgan fingerprint density at radius 1 is 0.913 bits per heavy atom. The van der Waals surface area contributed by atoms with Gasteiger partial charge in [-0.15, -0.1) is 0 Å². The topological polar surface area (TPSA) is 101 Å². The van der Waals surface area contributed by atoms with E-state index in [-0.39, 0.29) is 22.4 Å². The first-order valence-corrected chi connectivity index (χ1v) is 14.8. The molecule has 8 nitrogen and oxygen atoms in total. The van der Waals surface area contributed by atoms with E-state index in [1.165, 1.54) is 12.3 Å². The minimum atomic E-state index is -5.24. The molecule has 3 aromatic carbocycles. The highest BCUT2D eigenvalue weighted by Crippen LogP contribution is 2.42. The van der Waals surface area contributed by atoms with E-state index in [1.807, 2.05) is 48.5 Å². The van der Waals surface area contributed by atoms with Crippen LogP contribution in [0.2, 0.25) is 0 Å². The maximum absolute atomic E-state index is 13.3. The van der Waals surface area contributed by atoms with Crippen molar-refractivity contribution in [2.75, 3.05) is 13.1 Å². The molecule has 6 aromatic rings. The Labute approximate surface area is 260 Å². The summed E-state index contributed by atoms with van der Waals surface area (Å²) >= 11 is 0. The summed E-state index contributed by atoms with van der Waals surface area (Å²) in [5.74, 6) is -2.03. The molecule has 11 heteroatoms. The molecule has 1 saturated heterocycles. The van der Waals surface area contributed by atoms with Gasteiger partial charge in [0.05, 0.1) is 16.5 Å². The molecule has 232 valence electrons. The zero-order valence-corrected chi connectivity index (χ0v) is 24.4. The third-order valence-corrected chi connectivity index (χ3v) is 8.17. The van der Waals surface area contributed by atoms with E-state index in [1.54, 1.807) is 30.3 Å². The van der Waals surface area contributed by atoms with Crippen LogP contribution in [0.3, 0.4) is 0 Å². The molecule has 0 amide bonds. The number of ether oxygens (including phenoxy) is 1. The van der Waals surface area contributed by atoms with Crippen molar-refractivity contribution in [2.24, 2.45) is 0 Å². The van der Waals surface area contributed by atoms with Crippen LogP contribution in [-0.2, 0) is 11.3 Å². The van der Waals surface area contributed by atoms with E-state index in [2.05, 4.69) is 14.9 Å². The predicted octanol–water partition coefficient (Wildman–Crippen LogP) is 7.25. The van der Waals surface area contributed by atoms with E-state index in [4.69, 9.17) is 14.1 Å². The Balaban J connectivity index is 1.24. The number of nitrogens with one attached hydrogen (secondary N) is 1. The number of fused-ring (bicyclic) bond motifs is 2. The van der Waals surface area contributed by atoms with E-state index < -0.39 is 23.6 Å². The first-order chi connectivity index (χ1) is 22.2. The molecule has 1 aliphatic rings. The number of alkyl halides is 3. The standard InChI is InChI=1S/C35H27F3N4O4/c36-35(37,38)34(44)46-33-29(22-7-2-1-3-8-22)28(30-26(41-33)16-17-39-31(30)43)23-14-12-21(13-15-23)19-42-18-6-9-24(20-42)32-40-25-10-4-5-11-27(25)45-32/h1-5,7-8,10-17,24H,6,9,18-20H2,(H,39,43). The predicted molar refractivity (Wildman–Crippen MR) is 166 cm³/mol. The monoisotopic (exact) mass is 624 g/mol. The number of oxazole rings is 1. The van der Waals surface area contributed by atoms with Gasteiger partial charge in [-0.3, -0.25) is 9.69 Å². The van der Waals surface area contributed by atoms with Crippen LogP contribution in [-0.4, -0.2) is 45.1 Å². The summed E-state index contributed by atoms with van der Waals surface area (Å²) in [6, 6.07) is 25.1. The molecule has 1 aliphatic heterocycles. The fourth-order valence-corrected chi connectivity index (χ4v) is 6.08. The number of aromatic amines is 1. The minimum Gasteiger partial charge on any atom is -0.440 e. The van der Waals surface area contributed by atoms with Crippen LogP contribution in [0, 0.1) is 0 Å². The van der Waals surface area contributed by atoms with Crippen LogP contribution < -0.4 is 10.3 Å². The quantitative estimate of drug-likeness (QED) is 0.195. The second-order valence-corrected chi connectivity index (χ2v) is 11.3. The number of rotatable bonds is 6. The Bertz CT molecular complexity index is 2070. The van der Waals surface area contributed by atoms with Crippen molar-refractivity contribution in [2.45, 2.75) is 31.5 Å². The highest BCUT2D eigenvalue weighted by atomic mass is 19.4. The van der Waals surface area contributed by atoms with Gasteiger partial charge in [0.2, 0.25) is 5.88 Å². The molecule has 3 aromatic heterocycles. The molecule has 1 N–H and O–H groups in total. The van der Waals surface area contributed by atoms with Crippen LogP contribution in [0.15, 0.2) is 100 Å². The van der Waals surface area contributed by atoms with Crippen molar-refractivity contribution in [3.63, 3.8) is 0 Å².